The van der Waals surface area contributed by atoms with Crippen molar-refractivity contribution in [3.63, 3.8) is 0 Å². The molecule has 0 radical (unpaired) electrons. The van der Waals surface area contributed by atoms with E-state index < -0.39 is 16.9 Å². The average molecular weight is 351 g/mol. The number of carbonyl (C=O) groups excluding carboxylic acids is 2. The first kappa shape index (κ1) is 15.8. The van der Waals surface area contributed by atoms with E-state index in [1.807, 2.05) is 18.2 Å². The molecule has 26 heavy (non-hydrogen) atoms. The summed E-state index contributed by atoms with van der Waals surface area (Å²) in [5, 5.41) is 16.2. The van der Waals surface area contributed by atoms with Crippen molar-refractivity contribution in [3.8, 4) is 0 Å². The number of rotatable bonds is 3. The van der Waals surface area contributed by atoms with Crippen molar-refractivity contribution in [3.05, 3.63) is 58.6 Å². The van der Waals surface area contributed by atoms with Gasteiger partial charge in [-0.1, -0.05) is 18.2 Å². The van der Waals surface area contributed by atoms with Gasteiger partial charge in [-0.3, -0.25) is 29.6 Å². The number of hydrogen-bond acceptors (Lipinski definition) is 5. The van der Waals surface area contributed by atoms with Crippen molar-refractivity contribution in [2.75, 3.05) is 10.6 Å². The quantitative estimate of drug-likeness (QED) is 0.555. The van der Waals surface area contributed by atoms with E-state index in [-0.39, 0.29) is 18.0 Å². The molecule has 1 aliphatic heterocycles. The lowest BCUT2D eigenvalue weighted by Gasteiger charge is -2.24. The smallest absolute Gasteiger partial charge is 0.271 e. The van der Waals surface area contributed by atoms with Crippen LogP contribution in [0, 0.1) is 10.1 Å². The molecule has 130 valence electrons. The molecule has 0 aliphatic carbocycles. The van der Waals surface area contributed by atoms with Gasteiger partial charge in [0.2, 0.25) is 17.8 Å². The maximum atomic E-state index is 12.8. The van der Waals surface area contributed by atoms with Gasteiger partial charge < -0.3 is 5.32 Å². The number of imidazole rings is 1. The zero-order chi connectivity index (χ0) is 18.3. The van der Waals surface area contributed by atoms with E-state index in [0.717, 1.165) is 5.52 Å². The van der Waals surface area contributed by atoms with Crippen molar-refractivity contribution in [2.24, 2.45) is 0 Å². The molecule has 2 aromatic carbocycles. The lowest BCUT2D eigenvalue weighted by Crippen LogP contribution is -2.35. The molecule has 4 rings (SSSR count). The lowest BCUT2D eigenvalue weighted by molar-refractivity contribution is -0.384. The number of carbonyl (C=O) groups is 2. The summed E-state index contributed by atoms with van der Waals surface area (Å²) < 4.78 is 1.67. The highest BCUT2D eigenvalue weighted by atomic mass is 16.6. The molecule has 0 fully saturated rings. The van der Waals surface area contributed by atoms with Gasteiger partial charge in [-0.15, -0.1) is 0 Å². The number of nitrogens with one attached hydrogen (secondary N) is 2. The maximum Gasteiger partial charge on any atom is 0.271 e. The van der Waals surface area contributed by atoms with E-state index in [2.05, 4.69) is 15.6 Å². The number of hydrogen-bond donors (Lipinski definition) is 2. The van der Waals surface area contributed by atoms with Crippen LogP contribution in [-0.2, 0) is 9.59 Å². The van der Waals surface area contributed by atoms with Crippen LogP contribution in [0.3, 0.4) is 0 Å². The number of amides is 2. The van der Waals surface area contributed by atoms with Gasteiger partial charge in [-0.05, 0) is 18.2 Å². The highest BCUT2D eigenvalue weighted by Crippen LogP contribution is 2.31. The van der Waals surface area contributed by atoms with Gasteiger partial charge in [0, 0.05) is 17.8 Å². The summed E-state index contributed by atoms with van der Waals surface area (Å²) in [6.07, 6.45) is -0.0475. The first-order valence-corrected chi connectivity index (χ1v) is 7.85. The second-order valence-corrected chi connectivity index (χ2v) is 5.86. The molecule has 3 aromatic rings. The van der Waals surface area contributed by atoms with Gasteiger partial charge >= 0.3 is 0 Å². The zero-order valence-corrected chi connectivity index (χ0v) is 13.4. The fourth-order valence-electron chi connectivity index (χ4n) is 3.02. The Morgan fingerprint density at radius 3 is 2.88 bits per heavy atom. The first-order chi connectivity index (χ1) is 12.5. The van der Waals surface area contributed by atoms with Crippen LogP contribution >= 0.6 is 0 Å². The first-order valence-electron chi connectivity index (χ1n) is 7.85. The molecule has 0 saturated carbocycles. The Labute approximate surface area is 146 Å². The summed E-state index contributed by atoms with van der Waals surface area (Å²) in [5.74, 6) is -0.446. The molecule has 0 saturated heterocycles. The Morgan fingerprint density at radius 2 is 2.08 bits per heavy atom. The number of fused-ring (bicyclic) bond motifs is 3. The van der Waals surface area contributed by atoms with Crippen molar-refractivity contribution < 1.29 is 14.5 Å². The fraction of sp³-hybridized carbons (Fsp3) is 0.118. The van der Waals surface area contributed by atoms with Gasteiger partial charge in [0.05, 0.1) is 22.4 Å². The maximum absolute atomic E-state index is 12.8. The minimum Gasteiger partial charge on any atom is -0.324 e. The molecule has 1 aliphatic rings. The molecule has 0 bridgehead atoms. The van der Waals surface area contributed by atoms with Gasteiger partial charge in [0.1, 0.15) is 6.04 Å². The van der Waals surface area contributed by atoms with Crippen LogP contribution in [0.2, 0.25) is 0 Å². The van der Waals surface area contributed by atoms with E-state index in [4.69, 9.17) is 0 Å². The summed E-state index contributed by atoms with van der Waals surface area (Å²) in [6, 6.07) is 12.1. The van der Waals surface area contributed by atoms with Crippen molar-refractivity contribution >= 4 is 40.2 Å². The monoisotopic (exact) mass is 351 g/mol. The Hall–Kier alpha value is -3.75. The average Bonchev–Trinajstić information content (AvgIpc) is 2.99. The highest BCUT2D eigenvalue weighted by molar-refractivity contribution is 6.03. The largest absolute Gasteiger partial charge is 0.324 e. The van der Waals surface area contributed by atoms with E-state index in [0.29, 0.717) is 17.2 Å². The number of non-ortho nitro benzene ring substituents is 1. The predicted octanol–water partition coefficient (Wildman–Crippen LogP) is 2.47. The number of anilines is 2. The third kappa shape index (κ3) is 2.65. The summed E-state index contributed by atoms with van der Waals surface area (Å²) in [7, 11) is 0. The number of benzene rings is 2. The molecular formula is C17H13N5O4. The molecular weight excluding hydrogens is 338 g/mol. The Bertz CT molecular complexity index is 1060. The summed E-state index contributed by atoms with van der Waals surface area (Å²) in [6.45, 7) is 0. The second kappa shape index (κ2) is 5.96. The molecule has 0 unspecified atom stereocenters. The predicted molar refractivity (Wildman–Crippen MR) is 93.7 cm³/mol. The van der Waals surface area contributed by atoms with E-state index in [1.54, 1.807) is 16.7 Å². The lowest BCUT2D eigenvalue weighted by atomic mass is 10.1. The third-order valence-corrected chi connectivity index (χ3v) is 4.16. The van der Waals surface area contributed by atoms with Crippen LogP contribution < -0.4 is 10.6 Å². The second-order valence-electron chi connectivity index (χ2n) is 5.86. The summed E-state index contributed by atoms with van der Waals surface area (Å²) >= 11 is 0. The minimum atomic E-state index is -0.801. The van der Waals surface area contributed by atoms with Crippen LogP contribution in [0.25, 0.3) is 11.0 Å². The molecule has 1 atom stereocenters. The molecule has 9 nitrogen and oxygen atoms in total. The molecule has 2 N–H and O–H groups in total. The number of nitro groups is 1. The van der Waals surface area contributed by atoms with Crippen LogP contribution in [0.15, 0.2) is 48.5 Å². The number of nitrogens with zero attached hydrogens (tertiary/aromatic N) is 3. The zero-order valence-electron chi connectivity index (χ0n) is 13.4. The molecule has 9 heteroatoms. The van der Waals surface area contributed by atoms with E-state index in [1.165, 1.54) is 18.2 Å². The molecule has 0 spiro atoms. The number of nitro benzene ring substituents is 1. The number of aromatic nitrogens is 2. The Kier molecular flexibility index (Phi) is 3.61. The molecule has 1 aromatic heterocycles. The van der Waals surface area contributed by atoms with Gasteiger partial charge in [-0.25, -0.2) is 4.98 Å². The summed E-state index contributed by atoms with van der Waals surface area (Å²) in [5.41, 5.74) is 1.55. The van der Waals surface area contributed by atoms with Crippen molar-refractivity contribution in [1.29, 1.82) is 0 Å². The SMILES string of the molecule is O=C1C[C@@H](C(=O)Nc2cccc([N+](=O)[O-])c2)n2c(nc3ccccc32)N1. The number of para-hydroxylation sites is 2. The molecule has 2 heterocycles. The van der Waals surface area contributed by atoms with Crippen LogP contribution in [0.5, 0.6) is 0 Å². The van der Waals surface area contributed by atoms with Crippen LogP contribution in [0.4, 0.5) is 17.3 Å². The third-order valence-electron chi connectivity index (χ3n) is 4.16. The highest BCUT2D eigenvalue weighted by Gasteiger charge is 2.32. The van der Waals surface area contributed by atoms with Crippen LogP contribution in [-0.4, -0.2) is 26.3 Å². The van der Waals surface area contributed by atoms with Crippen molar-refractivity contribution in [1.82, 2.24) is 9.55 Å². The normalized spacial score (nSPS) is 16.0. The fourth-order valence-corrected chi connectivity index (χ4v) is 3.02. The topological polar surface area (TPSA) is 119 Å². The van der Waals surface area contributed by atoms with Gasteiger partial charge in [-0.2, -0.15) is 0 Å². The minimum absolute atomic E-state index is 0.0475. The van der Waals surface area contributed by atoms with E-state index >= 15 is 0 Å². The standard InChI is InChI=1S/C17H13N5O4/c23-15-9-14(16(24)18-10-4-3-5-11(8-10)22(25)26)21-13-7-2-1-6-12(13)19-17(21)20-15/h1-8,14H,9H2,(H,18,24)(H,19,20,23)/t14-/m0/s1. The van der Waals surface area contributed by atoms with E-state index in [9.17, 15) is 19.7 Å². The van der Waals surface area contributed by atoms with Gasteiger partial charge in [0.15, 0.2) is 0 Å². The van der Waals surface area contributed by atoms with Gasteiger partial charge in [0.25, 0.3) is 5.69 Å². The Balaban J connectivity index is 1.70. The summed E-state index contributed by atoms with van der Waals surface area (Å²) in [4.78, 5) is 39.5. The van der Waals surface area contributed by atoms with Crippen LogP contribution in [0.1, 0.15) is 12.5 Å². The Morgan fingerprint density at radius 1 is 1.27 bits per heavy atom. The van der Waals surface area contributed by atoms with Crippen molar-refractivity contribution in [2.45, 2.75) is 12.5 Å². The molecule has 2 amide bonds.